The molecule has 0 aliphatic heterocycles. The van der Waals surface area contributed by atoms with Crippen molar-refractivity contribution in [3.63, 3.8) is 0 Å². The number of amides is 1. The van der Waals surface area contributed by atoms with Crippen molar-refractivity contribution in [1.29, 1.82) is 0 Å². The van der Waals surface area contributed by atoms with Gasteiger partial charge in [-0.3, -0.25) is 15.6 Å². The smallest absolute Gasteiger partial charge is 0.279 e. The number of carbonyl (C=O) groups excluding carboxylic acids is 1. The van der Waals surface area contributed by atoms with Crippen LogP contribution in [0.15, 0.2) is 30.3 Å². The summed E-state index contributed by atoms with van der Waals surface area (Å²) >= 11 is 12.5. The highest BCUT2D eigenvalue weighted by Crippen LogP contribution is 2.30. The van der Waals surface area contributed by atoms with Gasteiger partial charge in [0.15, 0.2) is 5.11 Å². The normalized spacial score (nSPS) is 12.6. The van der Waals surface area contributed by atoms with Crippen LogP contribution in [0.25, 0.3) is 0 Å². The van der Waals surface area contributed by atoms with Crippen molar-refractivity contribution in [3.8, 4) is 0 Å². The van der Waals surface area contributed by atoms with Crippen LogP contribution >= 0.6 is 35.2 Å². The lowest BCUT2D eigenvalue weighted by Gasteiger charge is -2.11. The molecule has 0 atom stereocenters. The van der Waals surface area contributed by atoms with Crippen molar-refractivity contribution in [2.75, 3.05) is 5.32 Å². The van der Waals surface area contributed by atoms with Crippen molar-refractivity contribution >= 4 is 51.9 Å². The number of fused-ring (bicyclic) bond motifs is 1. The summed E-state index contributed by atoms with van der Waals surface area (Å²) in [6.07, 6.45) is 3.34. The Morgan fingerprint density at radius 1 is 1.18 bits per heavy atom. The monoisotopic (exact) mass is 351 g/mol. The van der Waals surface area contributed by atoms with E-state index in [4.69, 9.17) is 23.8 Å². The quantitative estimate of drug-likeness (QED) is 0.572. The minimum absolute atomic E-state index is 0.167. The molecule has 1 aromatic carbocycles. The van der Waals surface area contributed by atoms with Gasteiger partial charge in [0, 0.05) is 15.6 Å². The zero-order valence-corrected chi connectivity index (χ0v) is 14.0. The Kier molecular flexibility index (Phi) is 4.61. The topological polar surface area (TPSA) is 53.2 Å². The Bertz CT molecular complexity index is 691. The van der Waals surface area contributed by atoms with Crippen molar-refractivity contribution in [1.82, 2.24) is 10.9 Å². The van der Waals surface area contributed by atoms with E-state index in [2.05, 4.69) is 16.2 Å². The molecule has 0 saturated heterocycles. The van der Waals surface area contributed by atoms with Gasteiger partial charge in [-0.2, -0.15) is 0 Å². The van der Waals surface area contributed by atoms with Crippen LogP contribution in [0, 0.1) is 0 Å². The number of halogens is 1. The molecule has 4 nitrogen and oxygen atoms in total. The highest BCUT2D eigenvalue weighted by molar-refractivity contribution is 7.80. The second kappa shape index (κ2) is 6.64. The van der Waals surface area contributed by atoms with Gasteiger partial charge in [0.25, 0.3) is 5.91 Å². The van der Waals surface area contributed by atoms with E-state index in [1.54, 1.807) is 23.5 Å². The van der Waals surface area contributed by atoms with Crippen LogP contribution in [0.4, 0.5) is 5.69 Å². The lowest BCUT2D eigenvalue weighted by atomic mass is 10.2. The number of aryl methyl sites for hydroxylation is 2. The van der Waals surface area contributed by atoms with Crippen LogP contribution in [0.1, 0.15) is 26.5 Å². The molecule has 3 N–H and O–H groups in total. The summed E-state index contributed by atoms with van der Waals surface area (Å²) < 4.78 is 0. The third kappa shape index (κ3) is 3.58. The average molecular weight is 352 g/mol. The first-order valence-corrected chi connectivity index (χ1v) is 8.46. The number of rotatable bonds is 2. The number of thiocarbonyl (C=S) groups is 1. The Morgan fingerprint density at radius 2 is 1.95 bits per heavy atom. The fraction of sp³-hybridized carbons (Fsp3) is 0.200. The maximum Gasteiger partial charge on any atom is 0.279 e. The summed E-state index contributed by atoms with van der Waals surface area (Å²) in [5, 5.41) is 3.94. The van der Waals surface area contributed by atoms with Gasteiger partial charge in [-0.05, 0) is 67.4 Å². The molecule has 0 saturated carbocycles. The zero-order valence-electron chi connectivity index (χ0n) is 11.6. The first-order chi connectivity index (χ1) is 10.6. The highest BCUT2D eigenvalue weighted by Gasteiger charge is 2.18. The lowest BCUT2D eigenvalue weighted by Crippen LogP contribution is -2.43. The van der Waals surface area contributed by atoms with Gasteiger partial charge in [-0.1, -0.05) is 11.6 Å². The number of hydrazine groups is 1. The molecule has 2 aromatic rings. The highest BCUT2D eigenvalue weighted by atomic mass is 35.5. The molecule has 1 aromatic heterocycles. The fourth-order valence-electron chi connectivity index (χ4n) is 2.31. The van der Waals surface area contributed by atoms with Gasteiger partial charge in [0.2, 0.25) is 0 Å². The molecular weight excluding hydrogens is 338 g/mol. The summed E-state index contributed by atoms with van der Waals surface area (Å²) in [4.78, 5) is 14.1. The number of nitrogens with one attached hydrogen (secondary N) is 3. The minimum atomic E-state index is -0.167. The third-order valence-electron chi connectivity index (χ3n) is 3.36. The van der Waals surface area contributed by atoms with E-state index in [1.807, 2.05) is 18.2 Å². The lowest BCUT2D eigenvalue weighted by molar-refractivity contribution is 0.0948. The van der Waals surface area contributed by atoms with Gasteiger partial charge in [0.05, 0.1) is 4.88 Å². The van der Waals surface area contributed by atoms with Gasteiger partial charge < -0.3 is 5.32 Å². The van der Waals surface area contributed by atoms with E-state index >= 15 is 0 Å². The molecule has 22 heavy (non-hydrogen) atoms. The van der Waals surface area contributed by atoms with E-state index in [0.717, 1.165) is 18.5 Å². The fourth-order valence-corrected chi connectivity index (χ4v) is 3.76. The molecular formula is C15H14ClN3OS2. The zero-order chi connectivity index (χ0) is 15.5. The van der Waals surface area contributed by atoms with E-state index < -0.39 is 0 Å². The summed E-state index contributed by atoms with van der Waals surface area (Å²) in [7, 11) is 0. The SMILES string of the molecule is O=C(NNC(=S)Nc1ccc(Cl)cc1)c1cc2c(s1)CCC2. The second-order valence-corrected chi connectivity index (χ2v) is 6.93. The van der Waals surface area contributed by atoms with Crippen molar-refractivity contribution in [2.45, 2.75) is 19.3 Å². The molecule has 0 unspecified atom stereocenters. The van der Waals surface area contributed by atoms with Crippen molar-refractivity contribution in [2.24, 2.45) is 0 Å². The molecule has 0 spiro atoms. The van der Waals surface area contributed by atoms with Crippen molar-refractivity contribution < 1.29 is 4.79 Å². The molecule has 0 fully saturated rings. The largest absolute Gasteiger partial charge is 0.331 e. The van der Waals surface area contributed by atoms with Crippen LogP contribution in [-0.4, -0.2) is 11.0 Å². The first kappa shape index (κ1) is 15.3. The standard InChI is InChI=1S/C15H14ClN3OS2/c16-10-4-6-11(7-5-10)17-15(21)19-18-14(20)13-8-9-2-1-3-12(9)22-13/h4-8H,1-3H2,(H,18,20)(H2,17,19,21). The van der Waals surface area contributed by atoms with Crippen LogP contribution in [0.2, 0.25) is 5.02 Å². The van der Waals surface area contributed by atoms with Crippen molar-refractivity contribution in [3.05, 3.63) is 50.7 Å². The molecule has 0 radical (unpaired) electrons. The Labute approximate surface area is 142 Å². The molecule has 7 heteroatoms. The molecule has 1 amide bonds. The average Bonchev–Trinajstić information content (AvgIpc) is 3.08. The third-order valence-corrected chi connectivity index (χ3v) is 5.05. The minimum Gasteiger partial charge on any atom is -0.331 e. The predicted octanol–water partition coefficient (Wildman–Crippen LogP) is 3.52. The summed E-state index contributed by atoms with van der Waals surface area (Å²) in [6.45, 7) is 0. The second-order valence-electron chi connectivity index (χ2n) is 4.95. The number of thiophene rings is 1. The van der Waals surface area contributed by atoms with E-state index in [-0.39, 0.29) is 5.91 Å². The molecule has 1 aliphatic rings. The number of benzene rings is 1. The predicted molar refractivity (Wildman–Crippen MR) is 94.6 cm³/mol. The molecule has 1 heterocycles. The number of anilines is 1. The summed E-state index contributed by atoms with van der Waals surface area (Å²) in [5.74, 6) is -0.167. The van der Waals surface area contributed by atoms with Gasteiger partial charge >= 0.3 is 0 Å². The Balaban J connectivity index is 1.51. The van der Waals surface area contributed by atoms with Crippen LogP contribution < -0.4 is 16.2 Å². The van der Waals surface area contributed by atoms with E-state index in [1.165, 1.54) is 16.9 Å². The van der Waals surface area contributed by atoms with Gasteiger partial charge in [-0.25, -0.2) is 0 Å². The first-order valence-electron chi connectivity index (χ1n) is 6.86. The summed E-state index contributed by atoms with van der Waals surface area (Å²) in [5.41, 5.74) is 7.41. The van der Waals surface area contributed by atoms with Crippen LogP contribution in [0.5, 0.6) is 0 Å². The van der Waals surface area contributed by atoms with Gasteiger partial charge in [0.1, 0.15) is 0 Å². The number of carbonyl (C=O) groups is 1. The van der Waals surface area contributed by atoms with Crippen LogP contribution in [0.3, 0.4) is 0 Å². The van der Waals surface area contributed by atoms with E-state index in [0.29, 0.717) is 15.0 Å². The van der Waals surface area contributed by atoms with Gasteiger partial charge in [-0.15, -0.1) is 11.3 Å². The maximum atomic E-state index is 12.1. The Hall–Kier alpha value is -1.63. The maximum absolute atomic E-state index is 12.1. The van der Waals surface area contributed by atoms with E-state index in [9.17, 15) is 4.79 Å². The molecule has 1 aliphatic carbocycles. The molecule has 0 bridgehead atoms. The summed E-state index contributed by atoms with van der Waals surface area (Å²) in [6, 6.07) is 9.11. The molecule has 3 rings (SSSR count). The molecule has 114 valence electrons. The Morgan fingerprint density at radius 3 is 2.68 bits per heavy atom. The number of hydrogen-bond donors (Lipinski definition) is 3. The number of hydrogen-bond acceptors (Lipinski definition) is 3. The van der Waals surface area contributed by atoms with Crippen LogP contribution in [-0.2, 0) is 12.8 Å².